The molecule has 0 aromatic heterocycles. The molecule has 6 nitrogen and oxygen atoms in total. The third-order valence-electron chi connectivity index (χ3n) is 0.393. The Hall–Kier alpha value is -1.72. The van der Waals surface area contributed by atoms with Gasteiger partial charge in [-0.1, -0.05) is 0 Å². The van der Waals surface area contributed by atoms with Gasteiger partial charge in [0.25, 0.3) is 0 Å². The second-order valence-corrected chi connectivity index (χ2v) is 1.04. The summed E-state index contributed by atoms with van der Waals surface area (Å²) in [6, 6.07) is 0. The third kappa shape index (κ3) is 6.28. The van der Waals surface area contributed by atoms with Crippen LogP contribution in [0.1, 0.15) is 0 Å². The fourth-order valence-corrected chi connectivity index (χ4v) is 0.172. The minimum absolute atomic E-state index is 0.594. The van der Waals surface area contributed by atoms with Gasteiger partial charge in [-0.05, 0) is 0 Å². The molecule has 0 aliphatic carbocycles. The van der Waals surface area contributed by atoms with Crippen molar-refractivity contribution in [3.63, 3.8) is 0 Å². The van der Waals surface area contributed by atoms with Crippen molar-refractivity contribution in [1.29, 1.82) is 0 Å². The third-order valence-corrected chi connectivity index (χ3v) is 0.393. The normalized spacial score (nSPS) is 9.20. The van der Waals surface area contributed by atoms with Crippen molar-refractivity contribution in [3.05, 3.63) is 12.5 Å². The van der Waals surface area contributed by atoms with E-state index in [1.165, 1.54) is 0 Å². The molecule has 0 saturated carbocycles. The summed E-state index contributed by atoms with van der Waals surface area (Å²) in [5.41, 5.74) is 0. The molecule has 0 rings (SSSR count). The molecule has 0 heterocycles. The van der Waals surface area contributed by atoms with E-state index < -0.39 is 12.3 Å². The first kappa shape index (κ1) is 8.28. The first-order valence-corrected chi connectivity index (χ1v) is 2.07. The van der Waals surface area contributed by atoms with Crippen LogP contribution in [0.4, 0.5) is 9.59 Å². The molecule has 2 N–H and O–H groups in total. The van der Waals surface area contributed by atoms with E-state index in [1.807, 2.05) is 0 Å². The van der Waals surface area contributed by atoms with E-state index in [0.29, 0.717) is 12.5 Å². The highest BCUT2D eigenvalue weighted by atomic mass is 16.7. The molecular weight excluding hydrogens is 144 g/mol. The SMILES string of the molecule is O=C(O)O/C=C\OC(=O)O. The summed E-state index contributed by atoms with van der Waals surface area (Å²) in [6.07, 6.45) is -1.89. The van der Waals surface area contributed by atoms with Crippen molar-refractivity contribution in [2.45, 2.75) is 0 Å². The molecule has 0 bridgehead atoms. The molecule has 0 aliphatic heterocycles. The molecular formula is C4H4O6. The lowest BCUT2D eigenvalue weighted by Crippen LogP contribution is -1.95. The van der Waals surface area contributed by atoms with Crippen molar-refractivity contribution in [2.75, 3.05) is 0 Å². The first-order chi connectivity index (χ1) is 4.63. The summed E-state index contributed by atoms with van der Waals surface area (Å²) < 4.78 is 7.48. The Morgan fingerprint density at radius 3 is 1.50 bits per heavy atom. The first-order valence-electron chi connectivity index (χ1n) is 2.07. The van der Waals surface area contributed by atoms with Gasteiger partial charge >= 0.3 is 12.3 Å². The molecule has 10 heavy (non-hydrogen) atoms. The number of hydrogen-bond donors (Lipinski definition) is 2. The average Bonchev–Trinajstić information content (AvgIpc) is 1.79. The maximum absolute atomic E-state index is 9.57. The topological polar surface area (TPSA) is 93.1 Å². The Morgan fingerprint density at radius 1 is 1.00 bits per heavy atom. The highest BCUT2D eigenvalue weighted by Gasteiger charge is 1.91. The second kappa shape index (κ2) is 4.19. The van der Waals surface area contributed by atoms with E-state index in [1.54, 1.807) is 0 Å². The Balaban J connectivity index is 3.38. The monoisotopic (exact) mass is 148 g/mol. The van der Waals surface area contributed by atoms with Gasteiger partial charge in [0.05, 0.1) is 0 Å². The lowest BCUT2D eigenvalue weighted by Gasteiger charge is -1.88. The molecule has 0 aliphatic rings. The highest BCUT2D eigenvalue weighted by molar-refractivity contribution is 5.58. The predicted octanol–water partition coefficient (Wildman–Crippen LogP) is 0.847. The molecule has 0 fully saturated rings. The van der Waals surface area contributed by atoms with Crippen LogP contribution in [0.25, 0.3) is 0 Å². The van der Waals surface area contributed by atoms with Crippen LogP contribution in [0.15, 0.2) is 12.5 Å². The Kier molecular flexibility index (Phi) is 3.47. The largest absolute Gasteiger partial charge is 0.510 e. The van der Waals surface area contributed by atoms with Crippen LogP contribution >= 0.6 is 0 Å². The van der Waals surface area contributed by atoms with Gasteiger partial charge in [-0.2, -0.15) is 0 Å². The fraction of sp³-hybridized carbons (Fsp3) is 0. The van der Waals surface area contributed by atoms with E-state index in [9.17, 15) is 9.59 Å². The van der Waals surface area contributed by atoms with Crippen molar-refractivity contribution < 1.29 is 29.3 Å². The van der Waals surface area contributed by atoms with Gasteiger partial charge in [-0.25, -0.2) is 9.59 Å². The number of rotatable bonds is 2. The molecule has 0 saturated heterocycles. The van der Waals surface area contributed by atoms with Crippen LogP contribution in [0.5, 0.6) is 0 Å². The molecule has 0 atom stereocenters. The van der Waals surface area contributed by atoms with E-state index >= 15 is 0 Å². The Morgan fingerprint density at radius 2 is 1.30 bits per heavy atom. The summed E-state index contributed by atoms with van der Waals surface area (Å²) in [4.78, 5) is 19.1. The minimum atomic E-state index is -1.54. The van der Waals surface area contributed by atoms with Gasteiger partial charge < -0.3 is 19.7 Å². The van der Waals surface area contributed by atoms with Crippen molar-refractivity contribution in [1.82, 2.24) is 0 Å². The van der Waals surface area contributed by atoms with Crippen molar-refractivity contribution in [3.8, 4) is 0 Å². The smallest absolute Gasteiger partial charge is 0.449 e. The van der Waals surface area contributed by atoms with Gasteiger partial charge in [0.15, 0.2) is 0 Å². The maximum atomic E-state index is 9.57. The molecule has 0 unspecified atom stereocenters. The summed E-state index contributed by atoms with van der Waals surface area (Å²) in [5.74, 6) is 0. The van der Waals surface area contributed by atoms with E-state index in [2.05, 4.69) is 9.47 Å². The zero-order valence-electron chi connectivity index (χ0n) is 4.68. The minimum Gasteiger partial charge on any atom is -0.449 e. The second-order valence-electron chi connectivity index (χ2n) is 1.04. The van der Waals surface area contributed by atoms with Crippen molar-refractivity contribution >= 4 is 12.3 Å². The molecule has 0 aromatic rings. The van der Waals surface area contributed by atoms with Gasteiger partial charge in [0.2, 0.25) is 0 Å². The van der Waals surface area contributed by atoms with Gasteiger partial charge in [-0.15, -0.1) is 0 Å². The fourth-order valence-electron chi connectivity index (χ4n) is 0.172. The molecule has 0 spiro atoms. The summed E-state index contributed by atoms with van der Waals surface area (Å²) in [5, 5.41) is 15.6. The summed E-state index contributed by atoms with van der Waals surface area (Å²) >= 11 is 0. The number of carboxylic acid groups (broad SMARTS) is 2. The van der Waals surface area contributed by atoms with Gasteiger partial charge in [-0.3, -0.25) is 0 Å². The average molecular weight is 148 g/mol. The van der Waals surface area contributed by atoms with E-state index in [4.69, 9.17) is 10.2 Å². The molecule has 6 heteroatoms. The number of ether oxygens (including phenoxy) is 2. The van der Waals surface area contributed by atoms with E-state index in [0.717, 1.165) is 0 Å². The van der Waals surface area contributed by atoms with Crippen LogP contribution in [0.3, 0.4) is 0 Å². The molecule has 0 amide bonds. The zero-order valence-corrected chi connectivity index (χ0v) is 4.68. The number of carbonyl (C=O) groups is 2. The lowest BCUT2D eigenvalue weighted by atomic mass is 11.0. The zero-order chi connectivity index (χ0) is 7.98. The van der Waals surface area contributed by atoms with Crippen LogP contribution in [0, 0.1) is 0 Å². The maximum Gasteiger partial charge on any atom is 0.510 e. The van der Waals surface area contributed by atoms with Crippen LogP contribution < -0.4 is 0 Å². The van der Waals surface area contributed by atoms with Crippen LogP contribution in [-0.2, 0) is 9.47 Å². The van der Waals surface area contributed by atoms with Crippen LogP contribution in [0.2, 0.25) is 0 Å². The predicted molar refractivity (Wildman–Crippen MR) is 27.4 cm³/mol. The summed E-state index contributed by atoms with van der Waals surface area (Å²) in [7, 11) is 0. The standard InChI is InChI=1S/C4H4O6/c5-3(6)9-1-2-10-4(7)8/h1-2H,(H,5,6)(H,7,8)/b2-1-. The van der Waals surface area contributed by atoms with Gasteiger partial charge in [0, 0.05) is 0 Å². The Labute approximate surface area is 55.3 Å². The van der Waals surface area contributed by atoms with Crippen LogP contribution in [-0.4, -0.2) is 22.5 Å². The van der Waals surface area contributed by atoms with E-state index in [-0.39, 0.29) is 0 Å². The highest BCUT2D eigenvalue weighted by Crippen LogP contribution is 1.81. The quantitative estimate of drug-likeness (QED) is 0.445. The Bertz CT molecular complexity index is 141. The molecule has 0 aromatic carbocycles. The summed E-state index contributed by atoms with van der Waals surface area (Å²) in [6.45, 7) is 0. The number of hydrogen-bond acceptors (Lipinski definition) is 4. The lowest BCUT2D eigenvalue weighted by molar-refractivity contribution is 0.114. The molecule has 0 radical (unpaired) electrons. The van der Waals surface area contributed by atoms with Crippen molar-refractivity contribution in [2.24, 2.45) is 0 Å². The van der Waals surface area contributed by atoms with Gasteiger partial charge in [0.1, 0.15) is 12.5 Å². The molecule has 56 valence electrons.